The van der Waals surface area contributed by atoms with E-state index in [1.54, 1.807) is 24.3 Å². The molecule has 0 unspecified atom stereocenters. The number of H-pyrrole nitrogens is 1. The fourth-order valence-corrected chi connectivity index (χ4v) is 2.34. The van der Waals surface area contributed by atoms with E-state index < -0.39 is 11.6 Å². The van der Waals surface area contributed by atoms with Gasteiger partial charge in [-0.2, -0.15) is 0 Å². The molecule has 1 heterocycles. The molecular weight excluding hydrogens is 250 g/mol. The van der Waals surface area contributed by atoms with Crippen LogP contribution in [0.3, 0.4) is 0 Å². The second-order valence-corrected chi connectivity index (χ2v) is 4.69. The standard InChI is InChI=1S/C17H13NO2/c1-11-13-9-5-6-10-14(13)18-15(11)17(20)16(19)12-7-3-2-4-8-12/h2-10,18H,1H3. The Labute approximate surface area is 116 Å². The van der Waals surface area contributed by atoms with Crippen molar-refractivity contribution < 1.29 is 9.59 Å². The molecule has 0 aliphatic rings. The van der Waals surface area contributed by atoms with Gasteiger partial charge in [0.2, 0.25) is 11.6 Å². The summed E-state index contributed by atoms with van der Waals surface area (Å²) in [6.45, 7) is 1.85. The molecule has 1 aromatic heterocycles. The number of para-hydroxylation sites is 1. The maximum absolute atomic E-state index is 12.4. The van der Waals surface area contributed by atoms with Gasteiger partial charge in [-0.05, 0) is 18.6 Å². The van der Waals surface area contributed by atoms with Gasteiger partial charge in [0.25, 0.3) is 0 Å². The van der Waals surface area contributed by atoms with E-state index in [0.29, 0.717) is 11.3 Å². The molecule has 3 aromatic rings. The first-order chi connectivity index (χ1) is 9.68. The first-order valence-electron chi connectivity index (χ1n) is 6.40. The number of aromatic amines is 1. The van der Waals surface area contributed by atoms with Crippen molar-refractivity contribution in [3.63, 3.8) is 0 Å². The third kappa shape index (κ3) is 1.93. The summed E-state index contributed by atoms with van der Waals surface area (Å²) in [5.41, 5.74) is 2.47. The lowest BCUT2D eigenvalue weighted by molar-refractivity contribution is 0.0814. The van der Waals surface area contributed by atoms with Crippen LogP contribution in [0, 0.1) is 6.92 Å². The quantitative estimate of drug-likeness (QED) is 0.580. The lowest BCUT2D eigenvalue weighted by atomic mass is 10.0. The number of ketones is 2. The number of nitrogens with one attached hydrogen (secondary N) is 1. The summed E-state index contributed by atoms with van der Waals surface area (Å²) < 4.78 is 0. The number of Topliss-reactive ketones (excluding diaryl/α,β-unsaturated/α-hetero) is 2. The van der Waals surface area contributed by atoms with Crippen molar-refractivity contribution in [1.82, 2.24) is 4.98 Å². The predicted molar refractivity (Wildman–Crippen MR) is 78.1 cm³/mol. The minimum atomic E-state index is -0.495. The van der Waals surface area contributed by atoms with Crippen molar-refractivity contribution in [2.75, 3.05) is 0 Å². The Balaban J connectivity index is 2.05. The highest BCUT2D eigenvalue weighted by Crippen LogP contribution is 2.22. The van der Waals surface area contributed by atoms with Gasteiger partial charge in [0, 0.05) is 16.5 Å². The van der Waals surface area contributed by atoms with E-state index in [4.69, 9.17) is 0 Å². The van der Waals surface area contributed by atoms with E-state index in [0.717, 1.165) is 16.5 Å². The molecule has 3 nitrogen and oxygen atoms in total. The van der Waals surface area contributed by atoms with E-state index in [2.05, 4.69) is 4.98 Å². The van der Waals surface area contributed by atoms with Crippen LogP contribution in [-0.2, 0) is 0 Å². The Morgan fingerprint density at radius 1 is 0.850 bits per heavy atom. The Morgan fingerprint density at radius 2 is 1.50 bits per heavy atom. The monoisotopic (exact) mass is 263 g/mol. The van der Waals surface area contributed by atoms with Crippen LogP contribution in [0.5, 0.6) is 0 Å². The number of aromatic nitrogens is 1. The van der Waals surface area contributed by atoms with Crippen LogP contribution in [0.2, 0.25) is 0 Å². The van der Waals surface area contributed by atoms with Crippen molar-refractivity contribution in [2.45, 2.75) is 6.92 Å². The molecule has 20 heavy (non-hydrogen) atoms. The summed E-state index contributed by atoms with van der Waals surface area (Å²) in [7, 11) is 0. The highest BCUT2D eigenvalue weighted by Gasteiger charge is 2.22. The lowest BCUT2D eigenvalue weighted by Gasteiger charge is -1.99. The molecule has 98 valence electrons. The normalized spacial score (nSPS) is 10.7. The van der Waals surface area contributed by atoms with E-state index in [1.165, 1.54) is 0 Å². The number of carbonyl (C=O) groups excluding carboxylic acids is 2. The van der Waals surface area contributed by atoms with Crippen LogP contribution in [0.25, 0.3) is 10.9 Å². The van der Waals surface area contributed by atoms with Gasteiger partial charge in [-0.1, -0.05) is 48.5 Å². The minimum absolute atomic E-state index is 0.375. The summed E-state index contributed by atoms with van der Waals surface area (Å²) in [6.07, 6.45) is 0. The molecule has 1 N–H and O–H groups in total. The second-order valence-electron chi connectivity index (χ2n) is 4.69. The summed E-state index contributed by atoms with van der Waals surface area (Å²) in [5, 5.41) is 0.969. The Morgan fingerprint density at radius 3 is 2.20 bits per heavy atom. The topological polar surface area (TPSA) is 49.9 Å². The highest BCUT2D eigenvalue weighted by molar-refractivity contribution is 6.49. The zero-order valence-electron chi connectivity index (χ0n) is 11.0. The van der Waals surface area contributed by atoms with Gasteiger partial charge in [-0.3, -0.25) is 9.59 Å². The zero-order valence-corrected chi connectivity index (χ0v) is 11.0. The van der Waals surface area contributed by atoms with Crippen molar-refractivity contribution >= 4 is 22.5 Å². The summed E-state index contributed by atoms with van der Waals surface area (Å²) in [6, 6.07) is 16.3. The zero-order chi connectivity index (χ0) is 14.1. The largest absolute Gasteiger partial charge is 0.351 e. The molecule has 0 aliphatic carbocycles. The molecule has 0 aliphatic heterocycles. The first-order valence-corrected chi connectivity index (χ1v) is 6.40. The van der Waals surface area contributed by atoms with Crippen LogP contribution in [0.1, 0.15) is 26.4 Å². The van der Waals surface area contributed by atoms with Crippen molar-refractivity contribution in [3.8, 4) is 0 Å². The number of fused-ring (bicyclic) bond motifs is 1. The number of benzene rings is 2. The van der Waals surface area contributed by atoms with Crippen LogP contribution >= 0.6 is 0 Å². The van der Waals surface area contributed by atoms with Gasteiger partial charge in [-0.15, -0.1) is 0 Å². The highest BCUT2D eigenvalue weighted by atomic mass is 16.2. The average molecular weight is 263 g/mol. The van der Waals surface area contributed by atoms with E-state index >= 15 is 0 Å². The number of hydrogen-bond acceptors (Lipinski definition) is 2. The Bertz CT molecular complexity index is 800. The van der Waals surface area contributed by atoms with Crippen LogP contribution in [0.15, 0.2) is 54.6 Å². The van der Waals surface area contributed by atoms with Crippen LogP contribution in [0.4, 0.5) is 0 Å². The van der Waals surface area contributed by atoms with E-state index in [-0.39, 0.29) is 0 Å². The number of rotatable bonds is 3. The molecular formula is C17H13NO2. The molecule has 2 aromatic carbocycles. The minimum Gasteiger partial charge on any atom is -0.351 e. The molecule has 0 spiro atoms. The van der Waals surface area contributed by atoms with Gasteiger partial charge in [0.15, 0.2) is 0 Å². The van der Waals surface area contributed by atoms with Gasteiger partial charge in [0.1, 0.15) is 0 Å². The van der Waals surface area contributed by atoms with Crippen LogP contribution < -0.4 is 0 Å². The van der Waals surface area contributed by atoms with E-state index in [9.17, 15) is 9.59 Å². The van der Waals surface area contributed by atoms with Gasteiger partial charge < -0.3 is 4.98 Å². The smallest absolute Gasteiger partial charge is 0.249 e. The molecule has 0 bridgehead atoms. The predicted octanol–water partition coefficient (Wildman–Crippen LogP) is 3.54. The lowest BCUT2D eigenvalue weighted by Crippen LogP contribution is -2.15. The molecule has 0 saturated carbocycles. The third-order valence-electron chi connectivity index (χ3n) is 3.44. The van der Waals surface area contributed by atoms with Gasteiger partial charge in [-0.25, -0.2) is 0 Å². The third-order valence-corrected chi connectivity index (χ3v) is 3.44. The molecule has 0 amide bonds. The SMILES string of the molecule is Cc1c(C(=O)C(=O)c2ccccc2)[nH]c2ccccc12. The van der Waals surface area contributed by atoms with Gasteiger partial charge >= 0.3 is 0 Å². The molecule has 0 saturated heterocycles. The fraction of sp³-hybridized carbons (Fsp3) is 0.0588. The molecule has 0 radical (unpaired) electrons. The number of carbonyl (C=O) groups is 2. The number of aryl methyl sites for hydroxylation is 1. The van der Waals surface area contributed by atoms with Crippen molar-refractivity contribution in [1.29, 1.82) is 0 Å². The summed E-state index contributed by atoms with van der Waals surface area (Å²) >= 11 is 0. The number of hydrogen-bond donors (Lipinski definition) is 1. The Kier molecular flexibility index (Phi) is 2.95. The summed E-state index contributed by atoms with van der Waals surface area (Å²) in [5.74, 6) is -0.981. The summed E-state index contributed by atoms with van der Waals surface area (Å²) in [4.78, 5) is 27.6. The van der Waals surface area contributed by atoms with Gasteiger partial charge in [0.05, 0.1) is 5.69 Å². The van der Waals surface area contributed by atoms with E-state index in [1.807, 2.05) is 37.3 Å². The molecule has 3 heteroatoms. The second kappa shape index (κ2) is 4.78. The van der Waals surface area contributed by atoms with Crippen LogP contribution in [-0.4, -0.2) is 16.6 Å². The fourth-order valence-electron chi connectivity index (χ4n) is 2.34. The molecule has 0 atom stereocenters. The molecule has 3 rings (SSSR count). The maximum atomic E-state index is 12.4. The van der Waals surface area contributed by atoms with Crippen molar-refractivity contribution in [2.24, 2.45) is 0 Å². The Hall–Kier alpha value is -2.68. The van der Waals surface area contributed by atoms with Crippen molar-refractivity contribution in [3.05, 3.63) is 71.4 Å². The average Bonchev–Trinajstić information content (AvgIpc) is 2.84. The molecule has 0 fully saturated rings. The maximum Gasteiger partial charge on any atom is 0.249 e. The first kappa shape index (κ1) is 12.4.